The zero-order valence-electron chi connectivity index (χ0n) is 12.1. The highest BCUT2D eigenvalue weighted by atomic mass is 28.4. The van der Waals surface area contributed by atoms with E-state index in [1.54, 1.807) is 13.2 Å². The maximum absolute atomic E-state index is 9.56. The molecule has 19 heavy (non-hydrogen) atoms. The lowest BCUT2D eigenvalue weighted by Gasteiger charge is -2.23. The molecule has 5 heteroatoms. The van der Waals surface area contributed by atoms with E-state index in [0.717, 1.165) is 18.5 Å². The van der Waals surface area contributed by atoms with Crippen molar-refractivity contribution in [3.05, 3.63) is 36.4 Å². The fraction of sp³-hybridized carbons (Fsp3) is 0.429. The van der Waals surface area contributed by atoms with Gasteiger partial charge in [-0.3, -0.25) is 0 Å². The van der Waals surface area contributed by atoms with Crippen LogP contribution in [0.1, 0.15) is 5.56 Å². The van der Waals surface area contributed by atoms with E-state index < -0.39 is 18.1 Å². The highest BCUT2D eigenvalue weighted by molar-refractivity contribution is 6.75. The number of hydrogen-bond acceptors (Lipinski definition) is 3. The van der Waals surface area contributed by atoms with E-state index in [-0.39, 0.29) is 5.75 Å². The Morgan fingerprint density at radius 2 is 2.16 bits per heavy atom. The van der Waals surface area contributed by atoms with Crippen molar-refractivity contribution in [2.24, 2.45) is 0 Å². The van der Waals surface area contributed by atoms with Crippen molar-refractivity contribution in [1.29, 1.82) is 0 Å². The summed E-state index contributed by atoms with van der Waals surface area (Å²) in [6.07, 6.45) is 2.92. The average Bonchev–Trinajstić information content (AvgIpc) is 2.38. The summed E-state index contributed by atoms with van der Waals surface area (Å²) in [5, 5.41) is 9.56. The van der Waals surface area contributed by atoms with Gasteiger partial charge in [-0.1, -0.05) is 12.1 Å². The molecular formula is C14H24O3Si2. The van der Waals surface area contributed by atoms with Gasteiger partial charge in [0.1, 0.15) is 9.76 Å². The van der Waals surface area contributed by atoms with Crippen molar-refractivity contribution >= 4 is 18.1 Å². The minimum atomic E-state index is -1.55. The summed E-state index contributed by atoms with van der Waals surface area (Å²) < 4.78 is 11.2. The van der Waals surface area contributed by atoms with Crippen molar-refractivity contribution in [2.45, 2.75) is 31.6 Å². The molecule has 0 spiro atoms. The van der Waals surface area contributed by atoms with Gasteiger partial charge < -0.3 is 14.0 Å². The second-order valence-electron chi connectivity index (χ2n) is 5.19. The first kappa shape index (κ1) is 16.0. The SMILES string of the molecule is C=CC[SiH2]O[Si](C)(C)CCc1ccc(O)c(OC)c1. The van der Waals surface area contributed by atoms with Crippen LogP contribution in [-0.4, -0.2) is 30.3 Å². The molecule has 0 radical (unpaired) electrons. The minimum Gasteiger partial charge on any atom is -0.504 e. The summed E-state index contributed by atoms with van der Waals surface area (Å²) >= 11 is 0. The molecule has 0 bridgehead atoms. The topological polar surface area (TPSA) is 38.7 Å². The van der Waals surface area contributed by atoms with E-state index in [1.165, 1.54) is 5.56 Å². The summed E-state index contributed by atoms with van der Waals surface area (Å²) in [4.78, 5) is 0. The molecule has 0 aromatic heterocycles. The van der Waals surface area contributed by atoms with Crippen molar-refractivity contribution in [3.8, 4) is 11.5 Å². The zero-order chi connectivity index (χ0) is 14.3. The maximum Gasteiger partial charge on any atom is 0.173 e. The van der Waals surface area contributed by atoms with Gasteiger partial charge in [0, 0.05) is 0 Å². The fourth-order valence-electron chi connectivity index (χ4n) is 1.81. The number of methoxy groups -OCH3 is 1. The Labute approximate surface area is 119 Å². The third kappa shape index (κ3) is 5.63. The van der Waals surface area contributed by atoms with Crippen LogP contribution in [0.4, 0.5) is 0 Å². The first-order valence-corrected chi connectivity index (χ1v) is 11.3. The van der Waals surface area contributed by atoms with Crippen LogP contribution in [0.2, 0.25) is 25.2 Å². The van der Waals surface area contributed by atoms with E-state index in [2.05, 4.69) is 19.7 Å². The lowest BCUT2D eigenvalue weighted by molar-refractivity contribution is 0.373. The molecule has 0 saturated carbocycles. The number of benzene rings is 1. The normalized spacial score (nSPS) is 11.9. The molecule has 0 aliphatic rings. The van der Waals surface area contributed by atoms with Gasteiger partial charge in [0.15, 0.2) is 19.8 Å². The molecule has 1 rings (SSSR count). The number of rotatable bonds is 8. The van der Waals surface area contributed by atoms with Crippen LogP contribution in [-0.2, 0) is 10.5 Å². The van der Waals surface area contributed by atoms with E-state index in [1.807, 2.05) is 18.2 Å². The third-order valence-corrected chi connectivity index (χ3v) is 9.12. The largest absolute Gasteiger partial charge is 0.504 e. The predicted molar refractivity (Wildman–Crippen MR) is 85.3 cm³/mol. The summed E-state index contributed by atoms with van der Waals surface area (Å²) in [5.74, 6) is 0.733. The highest BCUT2D eigenvalue weighted by Gasteiger charge is 2.21. The molecular weight excluding hydrogens is 272 g/mol. The Balaban J connectivity index is 2.53. The Morgan fingerprint density at radius 1 is 1.42 bits per heavy atom. The first-order valence-electron chi connectivity index (χ1n) is 6.59. The van der Waals surface area contributed by atoms with Crippen molar-refractivity contribution in [2.75, 3.05) is 7.11 Å². The smallest absolute Gasteiger partial charge is 0.173 e. The molecule has 0 heterocycles. The number of aryl methyl sites for hydroxylation is 1. The first-order chi connectivity index (χ1) is 8.98. The molecule has 1 aromatic rings. The van der Waals surface area contributed by atoms with E-state index in [0.29, 0.717) is 5.75 Å². The molecule has 0 amide bonds. The molecule has 0 unspecified atom stereocenters. The van der Waals surface area contributed by atoms with Crippen LogP contribution >= 0.6 is 0 Å². The second kappa shape index (κ2) is 7.52. The Hall–Kier alpha value is -1.05. The Morgan fingerprint density at radius 3 is 2.79 bits per heavy atom. The van der Waals surface area contributed by atoms with Gasteiger partial charge in [0.2, 0.25) is 0 Å². The highest BCUT2D eigenvalue weighted by Crippen LogP contribution is 2.27. The summed E-state index contributed by atoms with van der Waals surface area (Å²) in [5.41, 5.74) is 1.18. The quantitative estimate of drug-likeness (QED) is 0.455. The fourth-order valence-corrected chi connectivity index (χ4v) is 6.13. The summed E-state index contributed by atoms with van der Waals surface area (Å²) in [6, 6.07) is 7.68. The van der Waals surface area contributed by atoms with E-state index in [4.69, 9.17) is 8.85 Å². The second-order valence-corrected chi connectivity index (χ2v) is 11.4. The molecule has 1 N–H and O–H groups in total. The molecule has 106 valence electrons. The van der Waals surface area contributed by atoms with Gasteiger partial charge in [0.05, 0.1) is 7.11 Å². The van der Waals surface area contributed by atoms with Crippen LogP contribution in [0, 0.1) is 0 Å². The van der Waals surface area contributed by atoms with Crippen LogP contribution in [0.5, 0.6) is 11.5 Å². The molecule has 0 saturated heterocycles. The average molecular weight is 297 g/mol. The standard InChI is InChI=1S/C14H24O3Si2/c1-5-9-18-17-19(3,4)10-8-12-6-7-13(15)14(11-12)16-2/h5-7,11,15H,1,8-10,18H2,2-4H3. The molecule has 0 fully saturated rings. The van der Waals surface area contributed by atoms with Gasteiger partial charge in [-0.15, -0.1) is 6.58 Å². The summed E-state index contributed by atoms with van der Waals surface area (Å²) in [7, 11) is -0.416. The number of hydrogen-bond donors (Lipinski definition) is 1. The van der Waals surface area contributed by atoms with E-state index in [9.17, 15) is 5.11 Å². The zero-order valence-corrected chi connectivity index (χ0v) is 14.5. The molecule has 1 aromatic carbocycles. The van der Waals surface area contributed by atoms with Crippen LogP contribution < -0.4 is 4.74 Å². The van der Waals surface area contributed by atoms with Gasteiger partial charge >= 0.3 is 0 Å². The molecule has 0 aliphatic carbocycles. The lowest BCUT2D eigenvalue weighted by atomic mass is 10.1. The Bertz CT molecular complexity index is 419. The third-order valence-electron chi connectivity index (χ3n) is 3.07. The van der Waals surface area contributed by atoms with Gasteiger partial charge in [-0.05, 0) is 49.3 Å². The van der Waals surface area contributed by atoms with Gasteiger partial charge in [-0.25, -0.2) is 0 Å². The van der Waals surface area contributed by atoms with Gasteiger partial charge in [0.25, 0.3) is 0 Å². The van der Waals surface area contributed by atoms with E-state index >= 15 is 0 Å². The molecule has 0 atom stereocenters. The summed E-state index contributed by atoms with van der Waals surface area (Å²) in [6.45, 7) is 8.26. The van der Waals surface area contributed by atoms with Crippen LogP contribution in [0.3, 0.4) is 0 Å². The monoisotopic (exact) mass is 296 g/mol. The minimum absolute atomic E-state index is 0.192. The number of allylic oxidation sites excluding steroid dienone is 1. The van der Waals surface area contributed by atoms with Gasteiger partial charge in [-0.2, -0.15) is 0 Å². The Kier molecular flexibility index (Phi) is 6.34. The lowest BCUT2D eigenvalue weighted by Crippen LogP contribution is -2.32. The van der Waals surface area contributed by atoms with Crippen LogP contribution in [0.25, 0.3) is 0 Å². The predicted octanol–water partition coefficient (Wildman–Crippen LogP) is 2.85. The van der Waals surface area contributed by atoms with Crippen molar-refractivity contribution in [3.63, 3.8) is 0 Å². The molecule has 3 nitrogen and oxygen atoms in total. The number of phenolic OH excluding ortho intramolecular Hbond substituents is 1. The maximum atomic E-state index is 9.56. The number of phenols is 1. The van der Waals surface area contributed by atoms with Crippen molar-refractivity contribution < 1.29 is 14.0 Å². The van der Waals surface area contributed by atoms with Crippen LogP contribution in [0.15, 0.2) is 30.9 Å². The van der Waals surface area contributed by atoms with Crippen molar-refractivity contribution in [1.82, 2.24) is 0 Å². The number of aromatic hydroxyl groups is 1. The molecule has 0 aliphatic heterocycles. The number of ether oxygens (including phenoxy) is 1.